The largest absolute Gasteiger partial charge is 0.371 e. The number of rotatable bonds is 9. The van der Waals surface area contributed by atoms with E-state index in [9.17, 15) is 9.59 Å². The summed E-state index contributed by atoms with van der Waals surface area (Å²) in [6.45, 7) is 2.13. The van der Waals surface area contributed by atoms with E-state index in [0.717, 1.165) is 16.8 Å². The number of nitrogens with one attached hydrogen (secondary N) is 1. The van der Waals surface area contributed by atoms with E-state index in [-0.39, 0.29) is 6.73 Å². The van der Waals surface area contributed by atoms with Crippen molar-refractivity contribution >= 4 is 28.3 Å². The van der Waals surface area contributed by atoms with Crippen LogP contribution in [0.15, 0.2) is 48.5 Å². The molecule has 146 valence electrons. The summed E-state index contributed by atoms with van der Waals surface area (Å²) < 4.78 is 6.99. The van der Waals surface area contributed by atoms with Crippen LogP contribution in [0.4, 0.5) is 5.69 Å². The highest BCUT2D eigenvalue weighted by atomic mass is 16.6. The normalized spacial score (nSPS) is 10.9. The standard InChI is InChI=1S/C21H23N3O4/c1-2-16-19(20(26)21(22)27)18-15(23-12-28-13-25)9-6-10-17(18)24(16)11-14-7-4-3-5-8-14/h3-10,23,25H,2,11-13H2,1H3,(H2,22,27). The predicted octanol–water partition coefficient (Wildman–Crippen LogP) is 2.26. The molecular weight excluding hydrogens is 358 g/mol. The predicted molar refractivity (Wildman–Crippen MR) is 107 cm³/mol. The summed E-state index contributed by atoms with van der Waals surface area (Å²) in [5.74, 6) is -1.71. The first-order valence-corrected chi connectivity index (χ1v) is 9.03. The van der Waals surface area contributed by atoms with Gasteiger partial charge in [-0.1, -0.05) is 43.3 Å². The van der Waals surface area contributed by atoms with E-state index in [1.165, 1.54) is 0 Å². The zero-order valence-electron chi connectivity index (χ0n) is 15.6. The number of Topliss-reactive ketones (excluding diaryl/α,β-unsaturated/α-hetero) is 1. The quantitative estimate of drug-likeness (QED) is 0.228. The number of fused-ring (bicyclic) bond motifs is 1. The van der Waals surface area contributed by atoms with Crippen LogP contribution in [0.2, 0.25) is 0 Å². The Hall–Kier alpha value is -3.16. The van der Waals surface area contributed by atoms with Crippen LogP contribution in [-0.2, 0) is 22.5 Å². The zero-order valence-corrected chi connectivity index (χ0v) is 15.6. The Balaban J connectivity index is 2.23. The van der Waals surface area contributed by atoms with Gasteiger partial charge in [-0.2, -0.15) is 0 Å². The van der Waals surface area contributed by atoms with Crippen LogP contribution in [0.1, 0.15) is 28.5 Å². The molecule has 0 fully saturated rings. The van der Waals surface area contributed by atoms with Crippen molar-refractivity contribution in [1.29, 1.82) is 0 Å². The number of hydrogen-bond donors (Lipinski definition) is 3. The van der Waals surface area contributed by atoms with Crippen LogP contribution in [0.3, 0.4) is 0 Å². The summed E-state index contributed by atoms with van der Waals surface area (Å²) in [7, 11) is 0. The van der Waals surface area contributed by atoms with Crippen molar-refractivity contribution in [3.63, 3.8) is 0 Å². The van der Waals surface area contributed by atoms with E-state index in [2.05, 4.69) is 5.32 Å². The molecule has 1 aromatic heterocycles. The van der Waals surface area contributed by atoms with Gasteiger partial charge in [-0.25, -0.2) is 0 Å². The first-order chi connectivity index (χ1) is 13.6. The molecule has 0 saturated carbocycles. The number of ketones is 1. The minimum absolute atomic E-state index is 0.0607. The van der Waals surface area contributed by atoms with Gasteiger partial charge >= 0.3 is 0 Å². The number of carbonyl (C=O) groups is 2. The number of aliphatic hydroxyl groups excluding tert-OH is 1. The number of benzene rings is 2. The fraction of sp³-hybridized carbons (Fsp3) is 0.238. The molecule has 0 saturated heterocycles. The van der Waals surface area contributed by atoms with Crippen LogP contribution in [0, 0.1) is 0 Å². The highest BCUT2D eigenvalue weighted by Gasteiger charge is 2.26. The second-order valence-electron chi connectivity index (χ2n) is 6.29. The molecule has 2 aromatic carbocycles. The second-order valence-corrected chi connectivity index (χ2v) is 6.29. The molecule has 7 nitrogen and oxygen atoms in total. The third kappa shape index (κ3) is 3.76. The lowest BCUT2D eigenvalue weighted by Crippen LogP contribution is -2.24. The van der Waals surface area contributed by atoms with Gasteiger partial charge in [0.15, 0.2) is 0 Å². The molecule has 0 atom stereocenters. The molecule has 1 heterocycles. The first kappa shape index (κ1) is 19.6. The lowest BCUT2D eigenvalue weighted by atomic mass is 10.0. The summed E-state index contributed by atoms with van der Waals surface area (Å²) in [6, 6.07) is 15.5. The Bertz CT molecular complexity index is 996. The summed E-state index contributed by atoms with van der Waals surface area (Å²) in [6.07, 6.45) is 0.558. The Kier molecular flexibility index (Phi) is 6.08. The molecule has 0 aliphatic rings. The molecule has 28 heavy (non-hydrogen) atoms. The second kappa shape index (κ2) is 8.69. The van der Waals surface area contributed by atoms with Gasteiger partial charge in [-0.3, -0.25) is 9.59 Å². The number of nitrogens with zero attached hydrogens (tertiary/aromatic N) is 1. The number of hydrogen-bond acceptors (Lipinski definition) is 5. The SMILES string of the molecule is CCc1c(C(=O)C(N)=O)c2c(NCOCO)cccc2n1Cc1ccccc1. The lowest BCUT2D eigenvalue weighted by Gasteiger charge is -2.11. The molecule has 3 rings (SSSR count). The molecule has 0 unspecified atom stereocenters. The molecule has 0 bridgehead atoms. The Morgan fingerprint density at radius 1 is 1.14 bits per heavy atom. The van der Waals surface area contributed by atoms with Gasteiger partial charge in [-0.15, -0.1) is 0 Å². The van der Waals surface area contributed by atoms with Gasteiger partial charge in [0.05, 0.1) is 11.1 Å². The average molecular weight is 381 g/mol. The van der Waals surface area contributed by atoms with Gasteiger partial charge in [-0.05, 0) is 24.1 Å². The third-order valence-electron chi connectivity index (χ3n) is 4.62. The molecular formula is C21H23N3O4. The molecule has 0 aliphatic heterocycles. The van der Waals surface area contributed by atoms with Crippen molar-refractivity contribution in [3.8, 4) is 0 Å². The summed E-state index contributed by atoms with van der Waals surface area (Å²) in [5.41, 5.74) is 8.94. The molecule has 4 N–H and O–H groups in total. The molecule has 0 spiro atoms. The maximum atomic E-state index is 12.7. The van der Waals surface area contributed by atoms with E-state index in [1.54, 1.807) is 6.07 Å². The van der Waals surface area contributed by atoms with E-state index >= 15 is 0 Å². The van der Waals surface area contributed by atoms with E-state index in [4.69, 9.17) is 15.6 Å². The van der Waals surface area contributed by atoms with Crippen molar-refractivity contribution in [1.82, 2.24) is 4.57 Å². The molecule has 0 radical (unpaired) electrons. The number of aliphatic hydroxyl groups is 1. The zero-order chi connectivity index (χ0) is 20.1. The Morgan fingerprint density at radius 3 is 2.54 bits per heavy atom. The third-order valence-corrected chi connectivity index (χ3v) is 4.62. The fourth-order valence-electron chi connectivity index (χ4n) is 3.46. The van der Waals surface area contributed by atoms with Crippen molar-refractivity contribution in [2.24, 2.45) is 5.73 Å². The number of amides is 1. The number of primary amides is 1. The van der Waals surface area contributed by atoms with Gasteiger partial charge < -0.3 is 25.5 Å². The Labute approximate surface area is 162 Å². The summed E-state index contributed by atoms with van der Waals surface area (Å²) >= 11 is 0. The van der Waals surface area contributed by atoms with E-state index < -0.39 is 18.5 Å². The number of nitrogens with two attached hydrogens (primary N) is 1. The number of aromatic nitrogens is 1. The summed E-state index contributed by atoms with van der Waals surface area (Å²) in [5, 5.41) is 12.5. The minimum atomic E-state index is -0.991. The van der Waals surface area contributed by atoms with Crippen molar-refractivity contribution in [3.05, 3.63) is 65.4 Å². The van der Waals surface area contributed by atoms with E-state index in [0.29, 0.717) is 29.6 Å². The van der Waals surface area contributed by atoms with Crippen LogP contribution in [-0.4, -0.2) is 34.9 Å². The van der Waals surface area contributed by atoms with Crippen LogP contribution < -0.4 is 11.1 Å². The highest BCUT2D eigenvalue weighted by Crippen LogP contribution is 2.34. The lowest BCUT2D eigenvalue weighted by molar-refractivity contribution is -0.114. The topological polar surface area (TPSA) is 107 Å². The Morgan fingerprint density at radius 2 is 1.89 bits per heavy atom. The average Bonchev–Trinajstić information content (AvgIpc) is 3.02. The summed E-state index contributed by atoms with van der Waals surface area (Å²) in [4.78, 5) is 24.4. The van der Waals surface area contributed by atoms with Crippen molar-refractivity contribution in [2.45, 2.75) is 19.9 Å². The van der Waals surface area contributed by atoms with Gasteiger partial charge in [0.25, 0.3) is 11.7 Å². The monoisotopic (exact) mass is 381 g/mol. The van der Waals surface area contributed by atoms with Gasteiger partial charge in [0.2, 0.25) is 0 Å². The molecule has 1 amide bonds. The number of carbonyl (C=O) groups excluding carboxylic acids is 2. The molecule has 3 aromatic rings. The molecule has 0 aliphatic carbocycles. The highest BCUT2D eigenvalue weighted by molar-refractivity contribution is 6.45. The van der Waals surface area contributed by atoms with Crippen LogP contribution in [0.25, 0.3) is 10.9 Å². The maximum absolute atomic E-state index is 12.7. The van der Waals surface area contributed by atoms with Crippen molar-refractivity contribution < 1.29 is 19.4 Å². The van der Waals surface area contributed by atoms with E-state index in [1.807, 2.05) is 54.0 Å². The minimum Gasteiger partial charge on any atom is -0.371 e. The van der Waals surface area contributed by atoms with Crippen LogP contribution >= 0.6 is 0 Å². The number of anilines is 1. The number of ether oxygens (including phenoxy) is 1. The fourth-order valence-corrected chi connectivity index (χ4v) is 3.46. The smallest absolute Gasteiger partial charge is 0.289 e. The van der Waals surface area contributed by atoms with Gasteiger partial charge in [0, 0.05) is 23.3 Å². The molecule has 7 heteroatoms. The maximum Gasteiger partial charge on any atom is 0.289 e. The van der Waals surface area contributed by atoms with Crippen molar-refractivity contribution in [2.75, 3.05) is 18.8 Å². The van der Waals surface area contributed by atoms with Gasteiger partial charge in [0.1, 0.15) is 13.5 Å². The van der Waals surface area contributed by atoms with Crippen LogP contribution in [0.5, 0.6) is 0 Å². The first-order valence-electron chi connectivity index (χ1n) is 9.03.